The van der Waals surface area contributed by atoms with Crippen LogP contribution in [0.3, 0.4) is 0 Å². The minimum Gasteiger partial charge on any atom is -0.469 e. The average molecular weight is 280 g/mol. The maximum absolute atomic E-state index is 11.8. The minimum atomic E-state index is 0.114. The van der Waals surface area contributed by atoms with Gasteiger partial charge in [-0.05, 0) is 42.9 Å². The summed E-state index contributed by atoms with van der Waals surface area (Å²) in [5.74, 6) is 1.51. The molecular weight excluding hydrogens is 252 g/mol. The summed E-state index contributed by atoms with van der Waals surface area (Å²) in [6.45, 7) is 7.94. The molecule has 0 aliphatic heterocycles. The fourth-order valence-corrected chi connectivity index (χ4v) is 2.39. The molecule has 0 fully saturated rings. The molecular formula is C16H28N2O2. The lowest BCUT2D eigenvalue weighted by Gasteiger charge is -2.30. The van der Waals surface area contributed by atoms with Crippen LogP contribution in [0.25, 0.3) is 0 Å². The van der Waals surface area contributed by atoms with Crippen molar-refractivity contribution in [1.82, 2.24) is 5.32 Å². The van der Waals surface area contributed by atoms with Crippen LogP contribution in [0.2, 0.25) is 0 Å². The zero-order valence-electron chi connectivity index (χ0n) is 12.9. The second kappa shape index (κ2) is 8.10. The highest BCUT2D eigenvalue weighted by Crippen LogP contribution is 2.31. The van der Waals surface area contributed by atoms with E-state index in [0.717, 1.165) is 25.0 Å². The number of hydrogen-bond donors (Lipinski definition) is 2. The van der Waals surface area contributed by atoms with Crippen molar-refractivity contribution >= 4 is 5.91 Å². The summed E-state index contributed by atoms with van der Waals surface area (Å²) in [5, 5.41) is 2.94. The van der Waals surface area contributed by atoms with E-state index in [9.17, 15) is 4.79 Å². The van der Waals surface area contributed by atoms with E-state index in [1.807, 2.05) is 12.1 Å². The Morgan fingerprint density at radius 1 is 1.40 bits per heavy atom. The molecule has 114 valence electrons. The van der Waals surface area contributed by atoms with Crippen LogP contribution in [0.5, 0.6) is 0 Å². The summed E-state index contributed by atoms with van der Waals surface area (Å²) in [5.41, 5.74) is 5.86. The predicted octanol–water partition coefficient (Wildman–Crippen LogP) is 2.73. The molecule has 0 bridgehead atoms. The van der Waals surface area contributed by atoms with Gasteiger partial charge in [0.15, 0.2) is 0 Å². The zero-order valence-corrected chi connectivity index (χ0v) is 12.9. The summed E-state index contributed by atoms with van der Waals surface area (Å²) < 4.78 is 5.22. The van der Waals surface area contributed by atoms with Crippen molar-refractivity contribution in [3.63, 3.8) is 0 Å². The molecule has 20 heavy (non-hydrogen) atoms. The van der Waals surface area contributed by atoms with Gasteiger partial charge in [0.05, 0.1) is 6.26 Å². The van der Waals surface area contributed by atoms with Gasteiger partial charge in [-0.2, -0.15) is 0 Å². The molecule has 1 heterocycles. The van der Waals surface area contributed by atoms with Gasteiger partial charge in [0.25, 0.3) is 0 Å². The number of nitrogens with one attached hydrogen (secondary N) is 1. The van der Waals surface area contributed by atoms with Gasteiger partial charge in [-0.1, -0.05) is 20.8 Å². The first-order chi connectivity index (χ1) is 9.43. The van der Waals surface area contributed by atoms with E-state index in [0.29, 0.717) is 25.4 Å². The van der Waals surface area contributed by atoms with Crippen LogP contribution >= 0.6 is 0 Å². The molecule has 0 saturated carbocycles. The lowest BCUT2D eigenvalue weighted by Crippen LogP contribution is -2.29. The van der Waals surface area contributed by atoms with Crippen molar-refractivity contribution < 1.29 is 9.21 Å². The topological polar surface area (TPSA) is 68.3 Å². The summed E-state index contributed by atoms with van der Waals surface area (Å²) in [6.07, 6.45) is 4.83. The summed E-state index contributed by atoms with van der Waals surface area (Å²) in [4.78, 5) is 11.8. The summed E-state index contributed by atoms with van der Waals surface area (Å²) in [7, 11) is 0. The standard InChI is InChI=1S/C16H28N2O2/c1-16(2,3)13(8-10-17)6-7-15(19)18-11-9-14-5-4-12-20-14/h4-5,12-13H,6-11,17H2,1-3H3,(H,18,19). The Hall–Kier alpha value is -1.29. The Labute approximate surface area is 122 Å². The molecule has 1 aromatic heterocycles. The predicted molar refractivity (Wildman–Crippen MR) is 81.3 cm³/mol. The SMILES string of the molecule is CC(C)(C)C(CCN)CCC(=O)NCCc1ccco1. The van der Waals surface area contributed by atoms with Gasteiger partial charge in [0.1, 0.15) is 5.76 Å². The molecule has 4 heteroatoms. The van der Waals surface area contributed by atoms with E-state index in [1.54, 1.807) is 6.26 Å². The lowest BCUT2D eigenvalue weighted by molar-refractivity contribution is -0.121. The molecule has 1 unspecified atom stereocenters. The van der Waals surface area contributed by atoms with E-state index in [-0.39, 0.29) is 11.3 Å². The van der Waals surface area contributed by atoms with Crippen LogP contribution in [0, 0.1) is 11.3 Å². The van der Waals surface area contributed by atoms with E-state index in [4.69, 9.17) is 10.2 Å². The maximum Gasteiger partial charge on any atom is 0.220 e. The lowest BCUT2D eigenvalue weighted by atomic mass is 9.76. The molecule has 3 N–H and O–H groups in total. The van der Waals surface area contributed by atoms with Crippen LogP contribution in [0.1, 0.15) is 45.8 Å². The van der Waals surface area contributed by atoms with Gasteiger partial charge in [0, 0.05) is 19.4 Å². The first-order valence-electron chi connectivity index (χ1n) is 7.42. The Morgan fingerprint density at radius 2 is 2.15 bits per heavy atom. The Balaban J connectivity index is 2.24. The Bertz CT molecular complexity index is 380. The van der Waals surface area contributed by atoms with Crippen molar-refractivity contribution in [1.29, 1.82) is 0 Å². The highest BCUT2D eigenvalue weighted by molar-refractivity contribution is 5.75. The monoisotopic (exact) mass is 280 g/mol. The number of furan rings is 1. The second-order valence-corrected chi connectivity index (χ2v) is 6.36. The van der Waals surface area contributed by atoms with Gasteiger partial charge in [-0.3, -0.25) is 4.79 Å². The minimum absolute atomic E-state index is 0.114. The smallest absolute Gasteiger partial charge is 0.220 e. The van der Waals surface area contributed by atoms with Crippen LogP contribution in [0.4, 0.5) is 0 Å². The molecule has 1 aromatic rings. The normalized spacial score (nSPS) is 13.2. The van der Waals surface area contributed by atoms with E-state index in [1.165, 1.54) is 0 Å². The fourth-order valence-electron chi connectivity index (χ4n) is 2.39. The van der Waals surface area contributed by atoms with Crippen molar-refractivity contribution in [2.24, 2.45) is 17.1 Å². The quantitative estimate of drug-likeness (QED) is 0.769. The van der Waals surface area contributed by atoms with Gasteiger partial charge >= 0.3 is 0 Å². The molecule has 0 radical (unpaired) electrons. The third-order valence-electron chi connectivity index (χ3n) is 3.73. The van der Waals surface area contributed by atoms with Crippen molar-refractivity contribution in [2.45, 2.75) is 46.5 Å². The van der Waals surface area contributed by atoms with Crippen LogP contribution in [-0.4, -0.2) is 19.0 Å². The first-order valence-corrected chi connectivity index (χ1v) is 7.42. The van der Waals surface area contributed by atoms with Crippen molar-refractivity contribution in [3.8, 4) is 0 Å². The van der Waals surface area contributed by atoms with E-state index >= 15 is 0 Å². The molecule has 0 saturated heterocycles. The highest BCUT2D eigenvalue weighted by atomic mass is 16.3. The third kappa shape index (κ3) is 6.24. The Kier molecular flexibility index (Phi) is 6.79. The van der Waals surface area contributed by atoms with E-state index in [2.05, 4.69) is 26.1 Å². The van der Waals surface area contributed by atoms with Gasteiger partial charge in [-0.25, -0.2) is 0 Å². The second-order valence-electron chi connectivity index (χ2n) is 6.36. The fraction of sp³-hybridized carbons (Fsp3) is 0.688. The molecule has 0 aliphatic rings. The molecule has 0 aromatic carbocycles. The first kappa shape index (κ1) is 16.8. The van der Waals surface area contributed by atoms with E-state index < -0.39 is 0 Å². The van der Waals surface area contributed by atoms with Crippen LogP contribution in [-0.2, 0) is 11.2 Å². The van der Waals surface area contributed by atoms with Crippen molar-refractivity contribution in [3.05, 3.63) is 24.2 Å². The highest BCUT2D eigenvalue weighted by Gasteiger charge is 2.24. The molecule has 1 atom stereocenters. The van der Waals surface area contributed by atoms with Crippen LogP contribution < -0.4 is 11.1 Å². The average Bonchev–Trinajstić information content (AvgIpc) is 2.86. The summed E-state index contributed by atoms with van der Waals surface area (Å²) >= 11 is 0. The van der Waals surface area contributed by atoms with Crippen molar-refractivity contribution in [2.75, 3.05) is 13.1 Å². The number of amides is 1. The third-order valence-corrected chi connectivity index (χ3v) is 3.73. The number of rotatable bonds is 8. The van der Waals surface area contributed by atoms with Gasteiger partial charge < -0.3 is 15.5 Å². The molecule has 0 aliphatic carbocycles. The number of carbonyl (C=O) groups excluding carboxylic acids is 1. The maximum atomic E-state index is 11.8. The number of nitrogens with two attached hydrogens (primary N) is 1. The van der Waals surface area contributed by atoms with Gasteiger partial charge in [-0.15, -0.1) is 0 Å². The Morgan fingerprint density at radius 3 is 2.70 bits per heavy atom. The zero-order chi connectivity index (χ0) is 15.0. The largest absolute Gasteiger partial charge is 0.469 e. The molecule has 1 rings (SSSR count). The number of hydrogen-bond acceptors (Lipinski definition) is 3. The van der Waals surface area contributed by atoms with Crippen LogP contribution in [0.15, 0.2) is 22.8 Å². The summed E-state index contributed by atoms with van der Waals surface area (Å²) in [6, 6.07) is 3.78. The number of carbonyl (C=O) groups is 1. The van der Waals surface area contributed by atoms with Gasteiger partial charge in [0.2, 0.25) is 5.91 Å². The molecule has 1 amide bonds. The molecule has 4 nitrogen and oxygen atoms in total. The molecule has 0 spiro atoms.